The molecule has 0 saturated carbocycles. The van der Waals surface area contributed by atoms with Crippen LogP contribution in [0.25, 0.3) is 11.3 Å². The van der Waals surface area contributed by atoms with E-state index in [2.05, 4.69) is 10.3 Å². The molecule has 1 saturated heterocycles. The van der Waals surface area contributed by atoms with Crippen molar-refractivity contribution < 1.29 is 14.3 Å². The Bertz CT molecular complexity index is 812. The number of hydrogen-bond acceptors (Lipinski definition) is 4. The lowest BCUT2D eigenvalue weighted by Crippen LogP contribution is -2.43. The van der Waals surface area contributed by atoms with E-state index in [0.29, 0.717) is 50.3 Å². The molecule has 1 N–H and O–H groups in total. The predicted molar refractivity (Wildman–Crippen MR) is 108 cm³/mol. The summed E-state index contributed by atoms with van der Waals surface area (Å²) in [7, 11) is 1.61. The summed E-state index contributed by atoms with van der Waals surface area (Å²) >= 11 is 0. The molecule has 2 heterocycles. The number of hydrogen-bond donors (Lipinski definition) is 1. The highest BCUT2D eigenvalue weighted by Crippen LogP contribution is 2.25. The van der Waals surface area contributed by atoms with E-state index in [1.54, 1.807) is 19.4 Å². The van der Waals surface area contributed by atoms with E-state index in [1.165, 1.54) is 5.56 Å². The monoisotopic (exact) mass is 381 g/mol. The summed E-state index contributed by atoms with van der Waals surface area (Å²) in [6, 6.07) is 11.6. The Morgan fingerprint density at radius 1 is 1.18 bits per heavy atom. The zero-order chi connectivity index (χ0) is 19.9. The summed E-state index contributed by atoms with van der Waals surface area (Å²) in [4.78, 5) is 31.6. The van der Waals surface area contributed by atoms with Gasteiger partial charge in [0.2, 0.25) is 5.91 Å². The molecule has 0 radical (unpaired) electrons. The Morgan fingerprint density at radius 3 is 2.57 bits per heavy atom. The quantitative estimate of drug-likeness (QED) is 0.781. The number of aryl methyl sites for hydroxylation is 1. The van der Waals surface area contributed by atoms with Gasteiger partial charge in [0.25, 0.3) is 5.91 Å². The lowest BCUT2D eigenvalue weighted by atomic mass is 9.95. The number of nitrogens with zero attached hydrogens (tertiary/aromatic N) is 2. The third kappa shape index (κ3) is 4.75. The highest BCUT2D eigenvalue weighted by Gasteiger charge is 2.28. The van der Waals surface area contributed by atoms with E-state index >= 15 is 0 Å². The van der Waals surface area contributed by atoms with Gasteiger partial charge in [0.1, 0.15) is 0 Å². The van der Waals surface area contributed by atoms with Gasteiger partial charge in [-0.1, -0.05) is 29.8 Å². The lowest BCUT2D eigenvalue weighted by Gasteiger charge is -2.31. The number of methoxy groups -OCH3 is 1. The van der Waals surface area contributed by atoms with Crippen molar-refractivity contribution in [1.82, 2.24) is 15.2 Å². The Morgan fingerprint density at radius 2 is 1.89 bits per heavy atom. The van der Waals surface area contributed by atoms with Crippen LogP contribution in [0.4, 0.5) is 0 Å². The minimum atomic E-state index is -0.0497. The van der Waals surface area contributed by atoms with Gasteiger partial charge in [0.15, 0.2) is 0 Å². The molecule has 0 spiro atoms. The summed E-state index contributed by atoms with van der Waals surface area (Å²) < 4.78 is 4.96. The van der Waals surface area contributed by atoms with Crippen LogP contribution in [0.1, 0.15) is 28.8 Å². The third-order valence-electron chi connectivity index (χ3n) is 5.12. The number of aromatic nitrogens is 1. The minimum Gasteiger partial charge on any atom is -0.383 e. The van der Waals surface area contributed by atoms with Crippen LogP contribution in [0.5, 0.6) is 0 Å². The maximum Gasteiger partial charge on any atom is 0.256 e. The summed E-state index contributed by atoms with van der Waals surface area (Å²) in [6.45, 7) is 4.20. The topological polar surface area (TPSA) is 71.5 Å². The Hall–Kier alpha value is -2.73. The molecule has 3 rings (SSSR count). The lowest BCUT2D eigenvalue weighted by molar-refractivity contribution is -0.126. The summed E-state index contributed by atoms with van der Waals surface area (Å²) in [5.74, 6) is -0.0286. The molecule has 1 aliphatic heterocycles. The molecule has 1 aromatic carbocycles. The number of likely N-dealkylation sites (tertiary alicyclic amines) is 1. The maximum atomic E-state index is 13.1. The molecule has 0 bridgehead atoms. The molecule has 148 valence electrons. The molecule has 2 aromatic rings. The first-order valence-electron chi connectivity index (χ1n) is 9.68. The molecule has 1 aliphatic rings. The van der Waals surface area contributed by atoms with Gasteiger partial charge in [0, 0.05) is 44.4 Å². The number of amides is 2. The molecule has 28 heavy (non-hydrogen) atoms. The largest absolute Gasteiger partial charge is 0.383 e. The van der Waals surface area contributed by atoms with Crippen molar-refractivity contribution in [2.24, 2.45) is 5.92 Å². The normalized spacial score (nSPS) is 14.7. The summed E-state index contributed by atoms with van der Waals surface area (Å²) in [6.07, 6.45) is 3.05. The van der Waals surface area contributed by atoms with Gasteiger partial charge in [0.05, 0.1) is 17.9 Å². The van der Waals surface area contributed by atoms with Crippen LogP contribution in [0, 0.1) is 12.8 Å². The van der Waals surface area contributed by atoms with Gasteiger partial charge < -0.3 is 15.0 Å². The van der Waals surface area contributed by atoms with E-state index in [-0.39, 0.29) is 17.7 Å². The predicted octanol–water partition coefficient (Wildman–Crippen LogP) is 2.67. The van der Waals surface area contributed by atoms with E-state index < -0.39 is 0 Å². The standard InChI is InChI=1S/C22H27N3O3/c1-16-5-7-17(8-6-16)20-19(4-3-11-23-20)22(27)25-13-9-18(10-14-25)21(26)24-12-15-28-2/h3-8,11,18H,9-10,12-15H2,1-2H3,(H,24,26). The van der Waals surface area contributed by atoms with Gasteiger partial charge in [-0.3, -0.25) is 14.6 Å². The fraction of sp³-hybridized carbons (Fsp3) is 0.409. The summed E-state index contributed by atoms with van der Waals surface area (Å²) in [5.41, 5.74) is 3.40. The molecular weight excluding hydrogens is 354 g/mol. The van der Waals surface area contributed by atoms with Crippen molar-refractivity contribution in [2.75, 3.05) is 33.4 Å². The SMILES string of the molecule is COCCNC(=O)C1CCN(C(=O)c2cccnc2-c2ccc(C)cc2)CC1. The summed E-state index contributed by atoms with van der Waals surface area (Å²) in [5, 5.41) is 2.89. The number of benzene rings is 1. The molecule has 1 fully saturated rings. The number of nitrogens with one attached hydrogen (secondary N) is 1. The van der Waals surface area contributed by atoms with Gasteiger partial charge in [-0.05, 0) is 31.9 Å². The van der Waals surface area contributed by atoms with Crippen molar-refractivity contribution in [1.29, 1.82) is 0 Å². The van der Waals surface area contributed by atoms with Crippen molar-refractivity contribution in [2.45, 2.75) is 19.8 Å². The van der Waals surface area contributed by atoms with E-state index in [9.17, 15) is 9.59 Å². The Balaban J connectivity index is 1.66. The van der Waals surface area contributed by atoms with Crippen LogP contribution in [0.15, 0.2) is 42.6 Å². The van der Waals surface area contributed by atoms with Crippen LogP contribution >= 0.6 is 0 Å². The second-order valence-corrected chi connectivity index (χ2v) is 7.12. The molecule has 0 atom stereocenters. The van der Waals surface area contributed by atoms with Crippen LogP contribution in [-0.4, -0.2) is 55.0 Å². The third-order valence-corrected chi connectivity index (χ3v) is 5.12. The number of ether oxygens (including phenoxy) is 1. The van der Waals surface area contributed by atoms with Crippen LogP contribution in [-0.2, 0) is 9.53 Å². The zero-order valence-electron chi connectivity index (χ0n) is 16.5. The average Bonchev–Trinajstić information content (AvgIpc) is 2.74. The fourth-order valence-corrected chi connectivity index (χ4v) is 3.46. The van der Waals surface area contributed by atoms with Crippen LogP contribution < -0.4 is 5.32 Å². The molecule has 6 nitrogen and oxygen atoms in total. The van der Waals surface area contributed by atoms with Crippen LogP contribution in [0.2, 0.25) is 0 Å². The fourth-order valence-electron chi connectivity index (χ4n) is 3.46. The zero-order valence-corrected chi connectivity index (χ0v) is 16.5. The van der Waals surface area contributed by atoms with E-state index in [0.717, 1.165) is 5.56 Å². The smallest absolute Gasteiger partial charge is 0.256 e. The first-order valence-corrected chi connectivity index (χ1v) is 9.68. The molecular formula is C22H27N3O3. The molecule has 0 unspecified atom stereocenters. The molecule has 1 aromatic heterocycles. The van der Waals surface area contributed by atoms with Gasteiger partial charge >= 0.3 is 0 Å². The van der Waals surface area contributed by atoms with Gasteiger partial charge in [-0.2, -0.15) is 0 Å². The number of piperidine rings is 1. The van der Waals surface area contributed by atoms with Crippen molar-refractivity contribution >= 4 is 11.8 Å². The van der Waals surface area contributed by atoms with Gasteiger partial charge in [-0.15, -0.1) is 0 Å². The highest BCUT2D eigenvalue weighted by atomic mass is 16.5. The van der Waals surface area contributed by atoms with Crippen molar-refractivity contribution in [3.63, 3.8) is 0 Å². The Labute approximate surface area is 165 Å². The highest BCUT2D eigenvalue weighted by molar-refractivity contribution is 6.00. The second-order valence-electron chi connectivity index (χ2n) is 7.12. The van der Waals surface area contributed by atoms with Gasteiger partial charge in [-0.25, -0.2) is 0 Å². The first-order chi connectivity index (χ1) is 13.6. The maximum absolute atomic E-state index is 13.1. The van der Waals surface area contributed by atoms with E-state index in [4.69, 9.17) is 4.74 Å². The van der Waals surface area contributed by atoms with Crippen molar-refractivity contribution in [3.8, 4) is 11.3 Å². The van der Waals surface area contributed by atoms with E-state index in [1.807, 2.05) is 42.2 Å². The number of rotatable bonds is 6. The minimum absolute atomic E-state index is 0.0260. The number of pyridine rings is 1. The van der Waals surface area contributed by atoms with Crippen molar-refractivity contribution in [3.05, 3.63) is 53.7 Å². The number of carbonyl (C=O) groups is 2. The van der Waals surface area contributed by atoms with Crippen LogP contribution in [0.3, 0.4) is 0 Å². The number of carbonyl (C=O) groups excluding carboxylic acids is 2. The molecule has 0 aliphatic carbocycles. The average molecular weight is 381 g/mol. The first kappa shape index (κ1) is 20.0. The second kappa shape index (κ2) is 9.46. The molecule has 2 amide bonds. The Kier molecular flexibility index (Phi) is 6.76. The molecule has 6 heteroatoms.